The smallest absolute Gasteiger partial charge is 0.164 e. The van der Waals surface area contributed by atoms with Gasteiger partial charge >= 0.3 is 0 Å². The number of ether oxygens (including phenoxy) is 1. The van der Waals surface area contributed by atoms with Gasteiger partial charge in [0, 0.05) is 43.9 Å². The number of unbranched alkanes of at least 4 members (excludes halogenated alkanes) is 2. The van der Waals surface area contributed by atoms with Gasteiger partial charge in [-0.2, -0.15) is 0 Å². The molecular weight excluding hydrogens is 355 g/mol. The van der Waals surface area contributed by atoms with E-state index in [0.29, 0.717) is 12.0 Å². The van der Waals surface area contributed by atoms with E-state index in [0.717, 1.165) is 57.7 Å². The predicted molar refractivity (Wildman–Crippen MR) is 114 cm³/mol. The topological polar surface area (TPSA) is 32.8 Å². The predicted octanol–water partition coefficient (Wildman–Crippen LogP) is 4.69. The van der Waals surface area contributed by atoms with Crippen LogP contribution >= 0.6 is 0 Å². The molecule has 0 unspecified atom stereocenters. The van der Waals surface area contributed by atoms with Crippen LogP contribution in [0.3, 0.4) is 0 Å². The maximum Gasteiger partial charge on any atom is 0.164 e. The first kappa shape index (κ1) is 22.6. The summed E-state index contributed by atoms with van der Waals surface area (Å²) in [5.74, 6) is -0.360. The lowest BCUT2D eigenvalue weighted by molar-refractivity contribution is 0.0346. The third-order valence-electron chi connectivity index (χ3n) is 5.34. The van der Waals surface area contributed by atoms with Crippen LogP contribution in [0.25, 0.3) is 0 Å². The Morgan fingerprint density at radius 3 is 2.75 bits per heavy atom. The number of likely N-dealkylation sites (N-methyl/N-ethyl adjacent to an activating group) is 1. The van der Waals surface area contributed by atoms with E-state index in [2.05, 4.69) is 23.4 Å². The monoisotopic (exact) mass is 390 g/mol. The van der Waals surface area contributed by atoms with Gasteiger partial charge in [-0.05, 0) is 63.9 Å². The molecule has 0 spiro atoms. The highest BCUT2D eigenvalue weighted by Gasteiger charge is 2.23. The molecule has 1 heterocycles. The molecule has 0 N–H and O–H groups in total. The van der Waals surface area contributed by atoms with Gasteiger partial charge in [-0.3, -0.25) is 4.79 Å². The molecule has 1 aromatic carbocycles. The van der Waals surface area contributed by atoms with Crippen molar-refractivity contribution in [3.8, 4) is 0 Å². The Labute approximate surface area is 169 Å². The number of benzene rings is 1. The summed E-state index contributed by atoms with van der Waals surface area (Å²) in [6, 6.07) is 4.55. The summed E-state index contributed by atoms with van der Waals surface area (Å²) in [7, 11) is 2.12. The van der Waals surface area contributed by atoms with Crippen molar-refractivity contribution in [1.82, 2.24) is 4.90 Å². The molecule has 0 atom stereocenters. The van der Waals surface area contributed by atoms with Gasteiger partial charge in [-0.25, -0.2) is 4.39 Å². The Morgan fingerprint density at radius 2 is 2.07 bits per heavy atom. The molecule has 4 nitrogen and oxygen atoms in total. The highest BCUT2D eigenvalue weighted by atomic mass is 19.1. The summed E-state index contributed by atoms with van der Waals surface area (Å²) in [4.78, 5) is 16.6. The van der Waals surface area contributed by atoms with Gasteiger partial charge in [0.25, 0.3) is 0 Å². The number of halogens is 1. The number of rotatable bonds is 12. The second-order valence-corrected chi connectivity index (χ2v) is 7.61. The Bertz CT molecular complexity index is 627. The zero-order valence-electron chi connectivity index (χ0n) is 17.5. The van der Waals surface area contributed by atoms with Gasteiger partial charge < -0.3 is 14.5 Å². The van der Waals surface area contributed by atoms with Crippen molar-refractivity contribution in [3.63, 3.8) is 0 Å². The summed E-state index contributed by atoms with van der Waals surface area (Å²) in [6.07, 6.45) is 7.95. The molecule has 1 aromatic rings. The van der Waals surface area contributed by atoms with Gasteiger partial charge in [0.15, 0.2) is 5.78 Å². The van der Waals surface area contributed by atoms with Gasteiger partial charge in [0.2, 0.25) is 0 Å². The summed E-state index contributed by atoms with van der Waals surface area (Å²) in [5, 5.41) is 0. The average molecular weight is 391 g/mol. The molecule has 5 heteroatoms. The van der Waals surface area contributed by atoms with E-state index < -0.39 is 0 Å². The number of hydrogen-bond acceptors (Lipinski definition) is 4. The Balaban J connectivity index is 1.71. The van der Waals surface area contributed by atoms with Crippen molar-refractivity contribution in [2.24, 2.45) is 0 Å². The molecule has 156 valence electrons. The Hall–Kier alpha value is -1.72. The van der Waals surface area contributed by atoms with E-state index in [1.807, 2.05) is 13.0 Å². The van der Waals surface area contributed by atoms with E-state index in [1.54, 1.807) is 6.07 Å². The van der Waals surface area contributed by atoms with E-state index in [4.69, 9.17) is 4.74 Å². The zero-order valence-corrected chi connectivity index (χ0v) is 17.5. The molecule has 0 aromatic heterocycles. The fraction of sp³-hybridized carbons (Fsp3) is 0.609. The van der Waals surface area contributed by atoms with E-state index in [9.17, 15) is 9.18 Å². The third kappa shape index (κ3) is 7.02. The van der Waals surface area contributed by atoms with Crippen LogP contribution in [0.2, 0.25) is 0 Å². The second kappa shape index (κ2) is 12.0. The molecule has 2 rings (SSSR count). The summed E-state index contributed by atoms with van der Waals surface area (Å²) >= 11 is 0. The SMILES string of the molecule is C=CCN(C)CCCCCOC1CCN(c2ccc(F)cc2C(=O)CC)CC1. The van der Waals surface area contributed by atoms with E-state index >= 15 is 0 Å². The number of Topliss-reactive ketones (excluding diaryl/α,β-unsaturated/α-hetero) is 1. The summed E-state index contributed by atoms with van der Waals surface area (Å²) in [5.41, 5.74) is 1.36. The number of carbonyl (C=O) groups excluding carboxylic acids is 1. The minimum absolute atomic E-state index is 0.00777. The van der Waals surface area contributed by atoms with Crippen LogP contribution in [0.1, 0.15) is 55.8 Å². The molecule has 28 heavy (non-hydrogen) atoms. The van der Waals surface area contributed by atoms with Crippen molar-refractivity contribution in [2.45, 2.75) is 51.6 Å². The average Bonchev–Trinajstić information content (AvgIpc) is 2.70. The highest BCUT2D eigenvalue weighted by Crippen LogP contribution is 2.27. The Morgan fingerprint density at radius 1 is 1.32 bits per heavy atom. The van der Waals surface area contributed by atoms with Crippen LogP contribution in [0.15, 0.2) is 30.9 Å². The fourth-order valence-electron chi connectivity index (χ4n) is 3.68. The number of ketones is 1. The van der Waals surface area contributed by atoms with Crippen LogP contribution in [0, 0.1) is 5.82 Å². The van der Waals surface area contributed by atoms with Gasteiger partial charge in [-0.1, -0.05) is 13.0 Å². The number of carbonyl (C=O) groups is 1. The highest BCUT2D eigenvalue weighted by molar-refractivity contribution is 6.01. The van der Waals surface area contributed by atoms with Crippen LogP contribution < -0.4 is 4.90 Å². The number of nitrogens with zero attached hydrogens (tertiary/aromatic N) is 2. The molecular formula is C23H35FN2O2. The first-order valence-electron chi connectivity index (χ1n) is 10.5. The number of hydrogen-bond donors (Lipinski definition) is 0. The lowest BCUT2D eigenvalue weighted by Gasteiger charge is -2.34. The molecule has 0 radical (unpaired) electrons. The van der Waals surface area contributed by atoms with Crippen molar-refractivity contribution in [3.05, 3.63) is 42.2 Å². The minimum atomic E-state index is -0.352. The summed E-state index contributed by atoms with van der Waals surface area (Å²) in [6.45, 7) is 10.1. The molecule has 1 aliphatic heterocycles. The standard InChI is InChI=1S/C23H35FN2O2/c1-4-13-25(3)14-7-6-8-17-28-20-11-15-26(16-12-20)22-10-9-19(24)18-21(22)23(27)5-2/h4,9-10,18,20H,1,5-8,11-17H2,2-3H3. The first-order valence-corrected chi connectivity index (χ1v) is 10.5. The number of anilines is 1. The van der Waals surface area contributed by atoms with E-state index in [1.165, 1.54) is 25.0 Å². The minimum Gasteiger partial charge on any atom is -0.378 e. The van der Waals surface area contributed by atoms with Gasteiger partial charge in [0.05, 0.1) is 6.10 Å². The van der Waals surface area contributed by atoms with Crippen molar-refractivity contribution >= 4 is 11.5 Å². The van der Waals surface area contributed by atoms with Crippen molar-refractivity contribution in [1.29, 1.82) is 0 Å². The van der Waals surface area contributed by atoms with Crippen molar-refractivity contribution < 1.29 is 13.9 Å². The van der Waals surface area contributed by atoms with Gasteiger partial charge in [-0.15, -0.1) is 6.58 Å². The van der Waals surface area contributed by atoms with Crippen LogP contribution in [0.4, 0.5) is 10.1 Å². The summed E-state index contributed by atoms with van der Waals surface area (Å²) < 4.78 is 19.6. The Kier molecular flexibility index (Phi) is 9.65. The maximum atomic E-state index is 13.6. The quantitative estimate of drug-likeness (QED) is 0.294. The van der Waals surface area contributed by atoms with Crippen LogP contribution in [0.5, 0.6) is 0 Å². The molecule has 1 aliphatic rings. The first-order chi connectivity index (χ1) is 13.5. The van der Waals surface area contributed by atoms with Crippen LogP contribution in [-0.4, -0.2) is 56.6 Å². The number of piperidine rings is 1. The largest absolute Gasteiger partial charge is 0.378 e. The van der Waals surface area contributed by atoms with Gasteiger partial charge in [0.1, 0.15) is 5.82 Å². The molecule has 0 saturated carbocycles. The third-order valence-corrected chi connectivity index (χ3v) is 5.34. The van der Waals surface area contributed by atoms with Crippen molar-refractivity contribution in [2.75, 3.05) is 44.7 Å². The molecule has 1 saturated heterocycles. The lowest BCUT2D eigenvalue weighted by Crippen LogP contribution is -2.38. The lowest BCUT2D eigenvalue weighted by atomic mass is 10.0. The second-order valence-electron chi connectivity index (χ2n) is 7.61. The molecule has 0 aliphatic carbocycles. The maximum absolute atomic E-state index is 13.6. The molecule has 0 bridgehead atoms. The normalized spacial score (nSPS) is 15.2. The van der Waals surface area contributed by atoms with E-state index in [-0.39, 0.29) is 17.7 Å². The molecule has 0 amide bonds. The zero-order chi connectivity index (χ0) is 20.4. The molecule has 1 fully saturated rings. The fourth-order valence-corrected chi connectivity index (χ4v) is 3.68. The van der Waals surface area contributed by atoms with Crippen LogP contribution in [-0.2, 0) is 4.74 Å².